The Kier molecular flexibility index (Phi) is 3.07. The van der Waals surface area contributed by atoms with Gasteiger partial charge in [0.15, 0.2) is 0 Å². The second kappa shape index (κ2) is 4.08. The molecule has 0 aliphatic rings. The van der Waals surface area contributed by atoms with Gasteiger partial charge in [0.2, 0.25) is 0 Å². The van der Waals surface area contributed by atoms with Crippen molar-refractivity contribution in [3.05, 3.63) is 28.8 Å². The van der Waals surface area contributed by atoms with Crippen LogP contribution in [0.2, 0.25) is 0 Å². The molecule has 0 radical (unpaired) electrons. The van der Waals surface area contributed by atoms with Gasteiger partial charge in [0.25, 0.3) is 0 Å². The summed E-state index contributed by atoms with van der Waals surface area (Å²) in [7, 11) is 0. The zero-order valence-corrected chi connectivity index (χ0v) is 8.35. The lowest BCUT2D eigenvalue weighted by molar-refractivity contribution is -0.106. The normalized spacial score (nSPS) is 9.77. The summed E-state index contributed by atoms with van der Waals surface area (Å²) in [6.45, 7) is 6.56. The number of rotatable bonds is 3. The van der Waals surface area contributed by atoms with Gasteiger partial charge in [0, 0.05) is 5.69 Å². The molecule has 13 heavy (non-hydrogen) atoms. The van der Waals surface area contributed by atoms with Gasteiger partial charge in [0.1, 0.15) is 6.29 Å². The van der Waals surface area contributed by atoms with E-state index in [1.807, 2.05) is 6.92 Å². The Labute approximate surface area is 79.0 Å². The van der Waals surface area contributed by atoms with Crippen LogP contribution in [0.1, 0.15) is 16.7 Å². The second-order valence-corrected chi connectivity index (χ2v) is 3.25. The van der Waals surface area contributed by atoms with Crippen LogP contribution in [-0.2, 0) is 4.79 Å². The van der Waals surface area contributed by atoms with E-state index in [1.165, 1.54) is 16.7 Å². The largest absolute Gasteiger partial charge is 0.378 e. The van der Waals surface area contributed by atoms with Gasteiger partial charge in [0.05, 0.1) is 6.54 Å². The number of anilines is 1. The van der Waals surface area contributed by atoms with Crippen LogP contribution in [0.25, 0.3) is 0 Å². The first-order valence-electron chi connectivity index (χ1n) is 4.41. The fourth-order valence-corrected chi connectivity index (χ4v) is 1.37. The minimum absolute atomic E-state index is 0.380. The lowest BCUT2D eigenvalue weighted by Crippen LogP contribution is -2.06. The number of hydrogen-bond donors (Lipinski definition) is 1. The third kappa shape index (κ3) is 2.08. The average molecular weight is 177 g/mol. The van der Waals surface area contributed by atoms with Crippen molar-refractivity contribution in [2.24, 2.45) is 0 Å². The van der Waals surface area contributed by atoms with Gasteiger partial charge in [-0.1, -0.05) is 12.1 Å². The first-order chi connectivity index (χ1) is 6.16. The predicted molar refractivity (Wildman–Crippen MR) is 55.2 cm³/mol. The first kappa shape index (κ1) is 9.78. The fraction of sp³-hybridized carbons (Fsp3) is 0.364. The third-order valence-corrected chi connectivity index (χ3v) is 2.31. The van der Waals surface area contributed by atoms with Crippen LogP contribution in [0.5, 0.6) is 0 Å². The van der Waals surface area contributed by atoms with Crippen molar-refractivity contribution in [1.82, 2.24) is 0 Å². The zero-order valence-electron chi connectivity index (χ0n) is 8.35. The number of aldehydes is 1. The smallest absolute Gasteiger partial charge is 0.139 e. The van der Waals surface area contributed by atoms with Gasteiger partial charge in [-0.2, -0.15) is 0 Å². The van der Waals surface area contributed by atoms with E-state index >= 15 is 0 Å². The molecule has 0 atom stereocenters. The van der Waals surface area contributed by atoms with Gasteiger partial charge in [-0.15, -0.1) is 0 Å². The Hall–Kier alpha value is -1.31. The number of hydrogen-bond acceptors (Lipinski definition) is 2. The van der Waals surface area contributed by atoms with Crippen LogP contribution in [0.3, 0.4) is 0 Å². The molecular formula is C11H15NO. The van der Waals surface area contributed by atoms with E-state index in [0.29, 0.717) is 6.54 Å². The van der Waals surface area contributed by atoms with Crippen molar-refractivity contribution >= 4 is 12.0 Å². The number of carbonyl (C=O) groups excluding carboxylic acids is 1. The summed E-state index contributed by atoms with van der Waals surface area (Å²) in [5.74, 6) is 0. The van der Waals surface area contributed by atoms with Gasteiger partial charge < -0.3 is 10.1 Å². The van der Waals surface area contributed by atoms with Crippen LogP contribution in [0.4, 0.5) is 5.69 Å². The van der Waals surface area contributed by atoms with E-state index < -0.39 is 0 Å². The lowest BCUT2D eigenvalue weighted by Gasteiger charge is -2.12. The lowest BCUT2D eigenvalue weighted by atomic mass is 10.0. The topological polar surface area (TPSA) is 29.1 Å². The molecule has 0 aromatic heterocycles. The van der Waals surface area contributed by atoms with E-state index in [2.05, 4.69) is 31.3 Å². The van der Waals surface area contributed by atoms with E-state index in [0.717, 1.165) is 12.0 Å². The summed E-state index contributed by atoms with van der Waals surface area (Å²) in [4.78, 5) is 10.2. The summed E-state index contributed by atoms with van der Waals surface area (Å²) in [5.41, 5.74) is 4.75. The molecule has 2 heteroatoms. The Morgan fingerprint density at radius 1 is 1.23 bits per heavy atom. The molecule has 0 fully saturated rings. The Morgan fingerprint density at radius 3 is 2.46 bits per heavy atom. The molecule has 0 unspecified atom stereocenters. The molecule has 1 aromatic rings. The summed E-state index contributed by atoms with van der Waals surface area (Å²) in [6.07, 6.45) is 0.876. The highest BCUT2D eigenvalue weighted by Gasteiger charge is 2.02. The van der Waals surface area contributed by atoms with E-state index in [4.69, 9.17) is 0 Å². The minimum atomic E-state index is 0.380. The molecule has 0 heterocycles. The summed E-state index contributed by atoms with van der Waals surface area (Å²) < 4.78 is 0. The van der Waals surface area contributed by atoms with Gasteiger partial charge >= 0.3 is 0 Å². The number of benzene rings is 1. The SMILES string of the molecule is Cc1ccc(C)c(NCC=O)c1C. The quantitative estimate of drug-likeness (QED) is 0.717. The summed E-state index contributed by atoms with van der Waals surface area (Å²) in [5, 5.41) is 3.10. The molecular weight excluding hydrogens is 162 g/mol. The summed E-state index contributed by atoms with van der Waals surface area (Å²) in [6, 6.07) is 4.16. The number of carbonyl (C=O) groups is 1. The average Bonchev–Trinajstić information content (AvgIpc) is 2.12. The van der Waals surface area contributed by atoms with E-state index in [9.17, 15) is 4.79 Å². The molecule has 1 N–H and O–H groups in total. The highest BCUT2D eigenvalue weighted by Crippen LogP contribution is 2.22. The molecule has 2 nitrogen and oxygen atoms in total. The van der Waals surface area contributed by atoms with Crippen LogP contribution in [0.15, 0.2) is 12.1 Å². The minimum Gasteiger partial charge on any atom is -0.378 e. The Morgan fingerprint density at radius 2 is 1.85 bits per heavy atom. The van der Waals surface area contributed by atoms with Crippen molar-refractivity contribution in [2.75, 3.05) is 11.9 Å². The molecule has 70 valence electrons. The highest BCUT2D eigenvalue weighted by molar-refractivity contribution is 5.65. The van der Waals surface area contributed by atoms with Gasteiger partial charge in [-0.05, 0) is 37.5 Å². The molecule has 0 aliphatic heterocycles. The van der Waals surface area contributed by atoms with Crippen molar-refractivity contribution < 1.29 is 4.79 Å². The molecule has 0 bridgehead atoms. The second-order valence-electron chi connectivity index (χ2n) is 3.25. The van der Waals surface area contributed by atoms with Crippen LogP contribution < -0.4 is 5.32 Å². The standard InChI is InChI=1S/C11H15NO/c1-8-4-5-9(2)11(10(8)3)12-6-7-13/h4-5,7,12H,6H2,1-3H3. The Balaban J connectivity index is 3.02. The fourth-order valence-electron chi connectivity index (χ4n) is 1.37. The van der Waals surface area contributed by atoms with Crippen molar-refractivity contribution in [3.63, 3.8) is 0 Å². The molecule has 0 saturated carbocycles. The highest BCUT2D eigenvalue weighted by atomic mass is 16.1. The van der Waals surface area contributed by atoms with Crippen LogP contribution in [-0.4, -0.2) is 12.8 Å². The zero-order chi connectivity index (χ0) is 9.84. The third-order valence-electron chi connectivity index (χ3n) is 2.31. The maximum Gasteiger partial charge on any atom is 0.139 e. The molecule has 0 spiro atoms. The molecule has 0 aliphatic carbocycles. The maximum absolute atomic E-state index is 10.2. The van der Waals surface area contributed by atoms with Crippen molar-refractivity contribution in [2.45, 2.75) is 20.8 Å². The summed E-state index contributed by atoms with van der Waals surface area (Å²) >= 11 is 0. The molecule has 0 saturated heterocycles. The van der Waals surface area contributed by atoms with Gasteiger partial charge in [-0.25, -0.2) is 0 Å². The maximum atomic E-state index is 10.2. The molecule has 1 rings (SSSR count). The monoisotopic (exact) mass is 177 g/mol. The van der Waals surface area contributed by atoms with E-state index in [-0.39, 0.29) is 0 Å². The van der Waals surface area contributed by atoms with Crippen LogP contribution >= 0.6 is 0 Å². The number of aryl methyl sites for hydroxylation is 2. The Bertz CT molecular complexity index is 318. The van der Waals surface area contributed by atoms with Crippen molar-refractivity contribution in [3.8, 4) is 0 Å². The predicted octanol–water partition coefficient (Wildman–Crippen LogP) is 2.22. The van der Waals surface area contributed by atoms with Crippen LogP contribution in [0, 0.1) is 20.8 Å². The van der Waals surface area contributed by atoms with Gasteiger partial charge in [-0.3, -0.25) is 0 Å². The molecule has 1 aromatic carbocycles. The van der Waals surface area contributed by atoms with E-state index in [1.54, 1.807) is 0 Å². The molecule has 0 amide bonds. The first-order valence-corrected chi connectivity index (χ1v) is 4.41. The number of nitrogens with one attached hydrogen (secondary N) is 1. The van der Waals surface area contributed by atoms with Crippen molar-refractivity contribution in [1.29, 1.82) is 0 Å².